The molecule has 8 heteroatoms. The van der Waals surface area contributed by atoms with E-state index in [0.717, 1.165) is 5.56 Å². The molecule has 166 valence electrons. The molecule has 32 heavy (non-hydrogen) atoms. The van der Waals surface area contributed by atoms with Gasteiger partial charge in [0.05, 0.1) is 35.1 Å². The Labute approximate surface area is 185 Å². The summed E-state index contributed by atoms with van der Waals surface area (Å²) in [6.45, 7) is 4.29. The molecule has 0 saturated carbocycles. The van der Waals surface area contributed by atoms with Gasteiger partial charge in [0.25, 0.3) is 5.91 Å². The zero-order valence-corrected chi connectivity index (χ0v) is 18.6. The summed E-state index contributed by atoms with van der Waals surface area (Å²) in [4.78, 5) is 28.6. The molecule has 1 fully saturated rings. The van der Waals surface area contributed by atoms with Crippen molar-refractivity contribution in [3.05, 3.63) is 75.1 Å². The number of amides is 1. The number of ether oxygens (including phenoxy) is 1. The number of benzene rings is 2. The number of sulfone groups is 1. The van der Waals surface area contributed by atoms with Crippen molar-refractivity contribution in [2.24, 2.45) is 0 Å². The summed E-state index contributed by atoms with van der Waals surface area (Å²) in [5.74, 6) is 0.135. The number of carbonyl (C=O) groups is 1. The highest BCUT2D eigenvalue weighted by Crippen LogP contribution is 2.41. The molecule has 3 aromatic rings. The van der Waals surface area contributed by atoms with Gasteiger partial charge in [-0.3, -0.25) is 9.59 Å². The zero-order valence-electron chi connectivity index (χ0n) is 17.8. The predicted molar refractivity (Wildman–Crippen MR) is 120 cm³/mol. The molecule has 2 atom stereocenters. The molecule has 1 aromatic heterocycles. The fourth-order valence-corrected chi connectivity index (χ4v) is 6.43. The Hall–Kier alpha value is -3.13. The van der Waals surface area contributed by atoms with Crippen LogP contribution >= 0.6 is 0 Å². The maximum atomic E-state index is 13.6. The summed E-state index contributed by atoms with van der Waals surface area (Å²) >= 11 is 0. The minimum Gasteiger partial charge on any atom is -0.494 e. The van der Waals surface area contributed by atoms with Crippen molar-refractivity contribution in [3.8, 4) is 5.75 Å². The van der Waals surface area contributed by atoms with E-state index < -0.39 is 27.8 Å². The second-order valence-electron chi connectivity index (χ2n) is 8.35. The lowest BCUT2D eigenvalue weighted by Gasteiger charge is -2.30. The first-order valence-electron chi connectivity index (χ1n) is 10.6. The number of carbonyl (C=O) groups excluding carboxylic acids is 1. The fourth-order valence-electron chi connectivity index (χ4n) is 4.72. The molecule has 1 saturated heterocycles. The van der Waals surface area contributed by atoms with E-state index in [4.69, 9.17) is 9.15 Å². The Morgan fingerprint density at radius 3 is 2.53 bits per heavy atom. The van der Waals surface area contributed by atoms with Crippen LogP contribution in [0.1, 0.15) is 46.6 Å². The number of hydrogen-bond acceptors (Lipinski definition) is 6. The Morgan fingerprint density at radius 1 is 1.12 bits per heavy atom. The predicted octanol–water partition coefficient (Wildman–Crippen LogP) is 3.23. The molecular formula is C24H23NO6S. The molecular weight excluding hydrogens is 430 g/mol. The molecule has 0 bridgehead atoms. The van der Waals surface area contributed by atoms with Gasteiger partial charge in [-0.15, -0.1) is 0 Å². The van der Waals surface area contributed by atoms with Crippen LogP contribution in [-0.2, 0) is 9.84 Å². The van der Waals surface area contributed by atoms with Gasteiger partial charge in [-0.1, -0.05) is 23.8 Å². The topological polar surface area (TPSA) is 93.9 Å². The molecule has 0 spiro atoms. The molecule has 1 amide bonds. The Balaban J connectivity index is 1.72. The molecule has 0 aliphatic carbocycles. The maximum absolute atomic E-state index is 13.6. The first-order chi connectivity index (χ1) is 15.3. The normalized spacial score (nSPS) is 21.8. The molecule has 5 rings (SSSR count). The molecule has 7 nitrogen and oxygen atoms in total. The summed E-state index contributed by atoms with van der Waals surface area (Å²) in [6, 6.07) is 11.2. The van der Waals surface area contributed by atoms with Crippen molar-refractivity contribution in [2.45, 2.75) is 32.4 Å². The minimum absolute atomic E-state index is 0.00506. The van der Waals surface area contributed by atoms with E-state index >= 15 is 0 Å². The second-order valence-corrected chi connectivity index (χ2v) is 10.6. The van der Waals surface area contributed by atoms with Crippen LogP contribution in [0.25, 0.3) is 11.0 Å². The molecule has 0 N–H and O–H groups in total. The number of fused-ring (bicyclic) bond motifs is 2. The Bertz CT molecular complexity index is 1390. The van der Waals surface area contributed by atoms with Crippen molar-refractivity contribution in [3.63, 3.8) is 0 Å². The third-order valence-electron chi connectivity index (χ3n) is 6.17. The van der Waals surface area contributed by atoms with Gasteiger partial charge < -0.3 is 14.1 Å². The van der Waals surface area contributed by atoms with Crippen molar-refractivity contribution in [1.82, 2.24) is 4.90 Å². The van der Waals surface area contributed by atoms with Crippen molar-refractivity contribution < 1.29 is 22.4 Å². The van der Waals surface area contributed by atoms with E-state index in [9.17, 15) is 18.0 Å². The van der Waals surface area contributed by atoms with Crippen molar-refractivity contribution >= 4 is 26.7 Å². The van der Waals surface area contributed by atoms with Gasteiger partial charge in [0.1, 0.15) is 11.3 Å². The SMILES string of the molecule is CCOc1ccc(C2c3c(oc4ccc(C)cc4c3=O)C(=O)N2C2CCS(=O)(=O)C2)cc1. The van der Waals surface area contributed by atoms with Crippen LogP contribution in [0.5, 0.6) is 5.75 Å². The highest BCUT2D eigenvalue weighted by Gasteiger charge is 2.48. The first kappa shape index (κ1) is 20.8. The summed E-state index contributed by atoms with van der Waals surface area (Å²) in [5, 5.41) is 0.411. The van der Waals surface area contributed by atoms with Crippen LogP contribution in [0.15, 0.2) is 51.7 Å². The van der Waals surface area contributed by atoms with Gasteiger partial charge in [-0.05, 0) is 50.1 Å². The zero-order chi connectivity index (χ0) is 22.6. The van der Waals surface area contributed by atoms with Crippen LogP contribution in [-0.4, -0.2) is 43.4 Å². The summed E-state index contributed by atoms with van der Waals surface area (Å²) in [7, 11) is -3.24. The van der Waals surface area contributed by atoms with Gasteiger partial charge in [-0.2, -0.15) is 0 Å². The number of hydrogen-bond donors (Lipinski definition) is 0. The fraction of sp³-hybridized carbons (Fsp3) is 0.333. The smallest absolute Gasteiger partial charge is 0.291 e. The largest absolute Gasteiger partial charge is 0.494 e. The van der Waals surface area contributed by atoms with E-state index in [1.807, 2.05) is 32.0 Å². The summed E-state index contributed by atoms with van der Waals surface area (Å²) in [5.41, 5.74) is 1.97. The minimum atomic E-state index is -3.24. The highest BCUT2D eigenvalue weighted by molar-refractivity contribution is 7.91. The third kappa shape index (κ3) is 3.30. The number of nitrogens with zero attached hydrogens (tertiary/aromatic N) is 1. The third-order valence-corrected chi connectivity index (χ3v) is 7.92. The number of aryl methyl sites for hydroxylation is 1. The van der Waals surface area contributed by atoms with Crippen LogP contribution in [0.2, 0.25) is 0 Å². The quantitative estimate of drug-likeness (QED) is 0.602. The van der Waals surface area contributed by atoms with Gasteiger partial charge in [0.15, 0.2) is 15.3 Å². The van der Waals surface area contributed by atoms with Crippen molar-refractivity contribution in [1.29, 1.82) is 0 Å². The molecule has 2 aliphatic rings. The summed E-state index contributed by atoms with van der Waals surface area (Å²) in [6.07, 6.45) is 0.336. The molecule has 3 heterocycles. The maximum Gasteiger partial charge on any atom is 0.291 e. The van der Waals surface area contributed by atoms with Crippen LogP contribution in [0.4, 0.5) is 0 Å². The van der Waals surface area contributed by atoms with Gasteiger partial charge >= 0.3 is 0 Å². The van der Waals surface area contributed by atoms with Crippen molar-refractivity contribution in [2.75, 3.05) is 18.1 Å². The highest BCUT2D eigenvalue weighted by atomic mass is 32.2. The Kier molecular flexibility index (Phi) is 4.85. The lowest BCUT2D eigenvalue weighted by molar-refractivity contribution is 0.0662. The van der Waals surface area contributed by atoms with Crippen LogP contribution in [0.3, 0.4) is 0 Å². The molecule has 2 unspecified atom stereocenters. The lowest BCUT2D eigenvalue weighted by atomic mass is 9.97. The number of rotatable bonds is 4. The first-order valence-corrected chi connectivity index (χ1v) is 12.4. The molecule has 0 radical (unpaired) electrons. The monoisotopic (exact) mass is 453 g/mol. The van der Waals surface area contributed by atoms with Gasteiger partial charge in [0.2, 0.25) is 5.76 Å². The van der Waals surface area contributed by atoms with Gasteiger partial charge in [-0.25, -0.2) is 8.42 Å². The molecule has 2 aliphatic heterocycles. The van der Waals surface area contributed by atoms with E-state index in [2.05, 4.69) is 0 Å². The van der Waals surface area contributed by atoms with E-state index in [0.29, 0.717) is 35.3 Å². The average molecular weight is 454 g/mol. The standard InChI is InChI=1S/C24H23NO6S/c1-3-30-17-7-5-15(6-8-17)21-20-22(26)18-12-14(2)4-9-19(18)31-23(20)24(27)25(21)16-10-11-32(28,29)13-16/h4-9,12,16,21H,3,10-11,13H2,1-2H3. The lowest BCUT2D eigenvalue weighted by Crippen LogP contribution is -2.40. The summed E-state index contributed by atoms with van der Waals surface area (Å²) < 4.78 is 35.9. The van der Waals surface area contributed by atoms with E-state index in [1.165, 1.54) is 4.90 Å². The average Bonchev–Trinajstić information content (AvgIpc) is 3.26. The second kappa shape index (κ2) is 7.48. The Morgan fingerprint density at radius 2 is 1.88 bits per heavy atom. The van der Waals surface area contributed by atoms with E-state index in [1.54, 1.807) is 24.3 Å². The van der Waals surface area contributed by atoms with Crippen LogP contribution < -0.4 is 10.2 Å². The molecule has 2 aromatic carbocycles. The van der Waals surface area contributed by atoms with Gasteiger partial charge in [0, 0.05) is 6.04 Å². The van der Waals surface area contributed by atoms with E-state index in [-0.39, 0.29) is 28.3 Å². The van der Waals surface area contributed by atoms with Crippen LogP contribution in [0, 0.1) is 6.92 Å².